The smallest absolute Gasteiger partial charge is 0.0217 e. The van der Waals surface area contributed by atoms with Crippen LogP contribution in [0.25, 0.3) is 0 Å². The standard InChI is InChI=1S/C9H12S3/c1-4-5(2)8(11)9(12)6(3)7(4)10/h10-12H,1-3H3. The lowest BCUT2D eigenvalue weighted by Crippen LogP contribution is -1.92. The van der Waals surface area contributed by atoms with Crippen LogP contribution in [-0.4, -0.2) is 0 Å². The van der Waals surface area contributed by atoms with E-state index in [-0.39, 0.29) is 0 Å². The molecule has 0 saturated carbocycles. The van der Waals surface area contributed by atoms with Gasteiger partial charge in [-0.25, -0.2) is 0 Å². The number of hydrogen-bond acceptors (Lipinski definition) is 3. The van der Waals surface area contributed by atoms with Crippen LogP contribution >= 0.6 is 37.9 Å². The SMILES string of the molecule is Cc1c(C)c(S)c(S)c(C)c1S. The van der Waals surface area contributed by atoms with Gasteiger partial charge in [0.25, 0.3) is 0 Å². The van der Waals surface area contributed by atoms with E-state index in [4.69, 9.17) is 0 Å². The summed E-state index contributed by atoms with van der Waals surface area (Å²) in [6, 6.07) is 0. The summed E-state index contributed by atoms with van der Waals surface area (Å²) in [5.74, 6) is 0. The number of rotatable bonds is 0. The molecule has 1 aromatic rings. The lowest BCUT2D eigenvalue weighted by atomic mass is 10.1. The van der Waals surface area contributed by atoms with Gasteiger partial charge in [0.1, 0.15) is 0 Å². The van der Waals surface area contributed by atoms with Crippen molar-refractivity contribution in [1.29, 1.82) is 0 Å². The van der Waals surface area contributed by atoms with Crippen molar-refractivity contribution >= 4 is 37.9 Å². The van der Waals surface area contributed by atoms with Crippen molar-refractivity contribution in [1.82, 2.24) is 0 Å². The largest absolute Gasteiger partial charge is 0.143 e. The van der Waals surface area contributed by atoms with Gasteiger partial charge in [0.15, 0.2) is 0 Å². The zero-order chi connectivity index (χ0) is 9.46. The Morgan fingerprint density at radius 1 is 0.583 bits per heavy atom. The number of thiol groups is 3. The maximum absolute atomic E-state index is 4.42. The van der Waals surface area contributed by atoms with Crippen molar-refractivity contribution in [3.8, 4) is 0 Å². The van der Waals surface area contributed by atoms with Crippen molar-refractivity contribution in [3.63, 3.8) is 0 Å². The highest BCUT2D eigenvalue weighted by molar-refractivity contribution is 7.83. The highest BCUT2D eigenvalue weighted by Gasteiger charge is 2.09. The van der Waals surface area contributed by atoms with Crippen LogP contribution in [0.15, 0.2) is 14.7 Å². The summed E-state index contributed by atoms with van der Waals surface area (Å²) in [7, 11) is 0. The molecule has 0 radical (unpaired) electrons. The van der Waals surface area contributed by atoms with E-state index in [1.165, 1.54) is 11.1 Å². The average molecular weight is 216 g/mol. The molecule has 0 spiro atoms. The van der Waals surface area contributed by atoms with Crippen LogP contribution in [-0.2, 0) is 0 Å². The van der Waals surface area contributed by atoms with Gasteiger partial charge in [-0.2, -0.15) is 0 Å². The molecule has 0 unspecified atom stereocenters. The Morgan fingerprint density at radius 3 is 1.42 bits per heavy atom. The molecule has 3 heteroatoms. The molecule has 0 bridgehead atoms. The molecule has 0 aliphatic carbocycles. The molecule has 1 rings (SSSR count). The van der Waals surface area contributed by atoms with E-state index < -0.39 is 0 Å². The van der Waals surface area contributed by atoms with Gasteiger partial charge in [-0.1, -0.05) is 0 Å². The first kappa shape index (κ1) is 10.4. The molecular formula is C9H12S3. The third-order valence-corrected chi connectivity index (χ3v) is 4.17. The van der Waals surface area contributed by atoms with Crippen LogP contribution in [0.2, 0.25) is 0 Å². The average Bonchev–Trinajstić information content (AvgIpc) is 2.08. The fourth-order valence-electron chi connectivity index (χ4n) is 1.10. The Labute approximate surface area is 90.0 Å². The first-order chi connectivity index (χ1) is 5.46. The third kappa shape index (κ3) is 1.50. The summed E-state index contributed by atoms with van der Waals surface area (Å²) in [4.78, 5) is 2.92. The molecule has 0 aliphatic heterocycles. The molecule has 0 fully saturated rings. The summed E-state index contributed by atoms with van der Waals surface area (Å²) >= 11 is 13.2. The second-order valence-electron chi connectivity index (χ2n) is 2.92. The molecule has 1 aromatic carbocycles. The van der Waals surface area contributed by atoms with Gasteiger partial charge in [-0.05, 0) is 37.5 Å². The molecule has 12 heavy (non-hydrogen) atoms. The molecular weight excluding hydrogens is 204 g/mol. The van der Waals surface area contributed by atoms with E-state index in [1.54, 1.807) is 0 Å². The van der Waals surface area contributed by atoms with Gasteiger partial charge in [0, 0.05) is 14.7 Å². The minimum atomic E-state index is 0.937. The number of benzene rings is 1. The minimum Gasteiger partial charge on any atom is -0.143 e. The zero-order valence-corrected chi connectivity index (χ0v) is 10.0. The Kier molecular flexibility index (Phi) is 3.07. The van der Waals surface area contributed by atoms with E-state index in [2.05, 4.69) is 44.8 Å². The predicted molar refractivity (Wildman–Crippen MR) is 62.4 cm³/mol. The minimum absolute atomic E-state index is 0.937. The predicted octanol–water partition coefficient (Wildman–Crippen LogP) is 3.48. The fourth-order valence-corrected chi connectivity index (χ4v) is 2.09. The lowest BCUT2D eigenvalue weighted by Gasteiger charge is -2.13. The van der Waals surface area contributed by atoms with E-state index in [9.17, 15) is 0 Å². The first-order valence-electron chi connectivity index (χ1n) is 3.67. The molecule has 0 amide bonds. The van der Waals surface area contributed by atoms with Crippen LogP contribution in [0.1, 0.15) is 16.7 Å². The summed E-state index contributed by atoms with van der Waals surface area (Å²) in [6.45, 7) is 6.10. The van der Waals surface area contributed by atoms with Crippen molar-refractivity contribution in [2.45, 2.75) is 35.5 Å². The normalized spacial score (nSPS) is 10.5. The molecule has 0 heterocycles. The second kappa shape index (κ2) is 3.56. The highest BCUT2D eigenvalue weighted by atomic mass is 32.1. The molecule has 0 nitrogen and oxygen atoms in total. The van der Waals surface area contributed by atoms with Crippen LogP contribution < -0.4 is 0 Å². The van der Waals surface area contributed by atoms with Gasteiger partial charge in [0.05, 0.1) is 0 Å². The van der Waals surface area contributed by atoms with E-state index in [0.29, 0.717) is 0 Å². The molecule has 0 aromatic heterocycles. The van der Waals surface area contributed by atoms with Crippen molar-refractivity contribution in [2.24, 2.45) is 0 Å². The Balaban J connectivity index is 3.60. The lowest BCUT2D eigenvalue weighted by molar-refractivity contribution is 1.02. The van der Waals surface area contributed by atoms with Gasteiger partial charge in [0.2, 0.25) is 0 Å². The van der Waals surface area contributed by atoms with Gasteiger partial charge in [-0.3, -0.25) is 0 Å². The molecule has 0 N–H and O–H groups in total. The van der Waals surface area contributed by atoms with E-state index >= 15 is 0 Å². The van der Waals surface area contributed by atoms with Gasteiger partial charge >= 0.3 is 0 Å². The summed E-state index contributed by atoms with van der Waals surface area (Å²) in [5, 5.41) is 0. The second-order valence-corrected chi connectivity index (χ2v) is 4.26. The zero-order valence-electron chi connectivity index (χ0n) is 7.34. The van der Waals surface area contributed by atoms with E-state index in [0.717, 1.165) is 20.2 Å². The monoisotopic (exact) mass is 216 g/mol. The third-order valence-electron chi connectivity index (χ3n) is 2.21. The molecule has 0 atom stereocenters. The molecule has 0 aliphatic rings. The van der Waals surface area contributed by atoms with Crippen LogP contribution in [0.3, 0.4) is 0 Å². The highest BCUT2D eigenvalue weighted by Crippen LogP contribution is 2.33. The van der Waals surface area contributed by atoms with Gasteiger partial charge < -0.3 is 0 Å². The molecule has 0 saturated heterocycles. The van der Waals surface area contributed by atoms with Crippen LogP contribution in [0.5, 0.6) is 0 Å². The molecule has 66 valence electrons. The van der Waals surface area contributed by atoms with E-state index in [1.807, 2.05) is 13.8 Å². The summed E-state index contributed by atoms with van der Waals surface area (Å²) in [5.41, 5.74) is 3.47. The quantitative estimate of drug-likeness (QED) is 0.543. The maximum Gasteiger partial charge on any atom is 0.0217 e. The Hall–Kier alpha value is 0.270. The first-order valence-corrected chi connectivity index (χ1v) is 5.01. The topological polar surface area (TPSA) is 0 Å². The van der Waals surface area contributed by atoms with Crippen molar-refractivity contribution < 1.29 is 0 Å². The van der Waals surface area contributed by atoms with Crippen LogP contribution in [0, 0.1) is 20.8 Å². The maximum atomic E-state index is 4.42. The number of hydrogen-bond donors (Lipinski definition) is 3. The van der Waals surface area contributed by atoms with Gasteiger partial charge in [-0.15, -0.1) is 37.9 Å². The summed E-state index contributed by atoms with van der Waals surface area (Å²) < 4.78 is 0. The Morgan fingerprint density at radius 2 is 0.917 bits per heavy atom. The van der Waals surface area contributed by atoms with Crippen molar-refractivity contribution in [2.75, 3.05) is 0 Å². The fraction of sp³-hybridized carbons (Fsp3) is 0.333. The van der Waals surface area contributed by atoms with Crippen molar-refractivity contribution in [3.05, 3.63) is 16.7 Å². The van der Waals surface area contributed by atoms with Crippen LogP contribution in [0.4, 0.5) is 0 Å². The summed E-state index contributed by atoms with van der Waals surface area (Å²) in [6.07, 6.45) is 0. The Bertz CT molecular complexity index is 224.